The van der Waals surface area contributed by atoms with Gasteiger partial charge in [0.25, 0.3) is 0 Å². The fourth-order valence-electron chi connectivity index (χ4n) is 1.87. The van der Waals surface area contributed by atoms with E-state index in [-0.39, 0.29) is 18.2 Å². The number of aryl methyl sites for hydroxylation is 1. The van der Waals surface area contributed by atoms with Gasteiger partial charge in [-0.3, -0.25) is 4.68 Å². The second-order valence-corrected chi connectivity index (χ2v) is 4.71. The molecule has 5 heteroatoms. The molecule has 20 heavy (non-hydrogen) atoms. The van der Waals surface area contributed by atoms with Crippen LogP contribution in [0.4, 0.5) is 4.39 Å². The van der Waals surface area contributed by atoms with Gasteiger partial charge in [0.2, 0.25) is 0 Å². The Hall–Kier alpha value is -1.88. The number of nitrogens with zero attached hydrogens (tertiary/aromatic N) is 2. The van der Waals surface area contributed by atoms with Crippen molar-refractivity contribution in [2.45, 2.75) is 26.5 Å². The van der Waals surface area contributed by atoms with E-state index >= 15 is 0 Å². The summed E-state index contributed by atoms with van der Waals surface area (Å²) < 4.78 is 21.0. The van der Waals surface area contributed by atoms with Crippen LogP contribution in [-0.4, -0.2) is 16.3 Å². The number of nitrogens with one attached hydrogen (secondary N) is 1. The molecule has 0 unspecified atom stereocenters. The van der Waals surface area contributed by atoms with Crippen LogP contribution in [0.2, 0.25) is 0 Å². The van der Waals surface area contributed by atoms with Crippen LogP contribution in [0.15, 0.2) is 30.5 Å². The highest BCUT2D eigenvalue weighted by molar-refractivity contribution is 5.29. The largest absolute Gasteiger partial charge is 0.484 e. The molecule has 0 amide bonds. The van der Waals surface area contributed by atoms with E-state index in [1.54, 1.807) is 10.7 Å². The molecule has 0 aliphatic rings. The van der Waals surface area contributed by atoms with E-state index in [1.165, 1.54) is 6.07 Å². The molecule has 0 saturated heterocycles. The molecular formula is C15H20FN3O. The van der Waals surface area contributed by atoms with E-state index in [1.807, 2.05) is 25.4 Å². The summed E-state index contributed by atoms with van der Waals surface area (Å²) in [6, 6.07) is 6.90. The number of benzene rings is 1. The van der Waals surface area contributed by atoms with Crippen molar-refractivity contribution in [3.05, 3.63) is 47.5 Å². The smallest absolute Gasteiger partial charge is 0.165 e. The number of aromatic nitrogens is 2. The Morgan fingerprint density at radius 3 is 2.85 bits per heavy atom. The molecule has 0 bridgehead atoms. The number of halogens is 1. The molecule has 0 spiro atoms. The topological polar surface area (TPSA) is 39.1 Å². The predicted octanol–water partition coefficient (Wildman–Crippen LogP) is 2.64. The molecule has 2 rings (SSSR count). The highest BCUT2D eigenvalue weighted by atomic mass is 19.1. The standard InChI is InChI=1S/C15H20FN3O/c1-3-7-17-10-12-4-5-15(14(16)9-12)20-11-13-6-8-19(2)18-13/h4-6,8-9,17H,3,7,10-11H2,1-2H3. The minimum Gasteiger partial charge on any atom is -0.484 e. The van der Waals surface area contributed by atoms with Crippen LogP contribution in [0.3, 0.4) is 0 Å². The van der Waals surface area contributed by atoms with Crippen LogP contribution in [0.25, 0.3) is 0 Å². The van der Waals surface area contributed by atoms with Crippen LogP contribution >= 0.6 is 0 Å². The summed E-state index contributed by atoms with van der Waals surface area (Å²) in [5.74, 6) is -0.0772. The lowest BCUT2D eigenvalue weighted by Crippen LogP contribution is -2.13. The summed E-state index contributed by atoms with van der Waals surface area (Å²) in [6.45, 7) is 3.97. The van der Waals surface area contributed by atoms with Crippen LogP contribution in [0, 0.1) is 5.82 Å². The molecule has 108 valence electrons. The first kappa shape index (κ1) is 14.5. The van der Waals surface area contributed by atoms with E-state index in [0.29, 0.717) is 6.54 Å². The molecular weight excluding hydrogens is 257 g/mol. The summed E-state index contributed by atoms with van der Waals surface area (Å²) in [5.41, 5.74) is 1.70. The minimum absolute atomic E-state index is 0.259. The molecule has 4 nitrogen and oxygen atoms in total. The summed E-state index contributed by atoms with van der Waals surface area (Å²) in [7, 11) is 1.84. The Labute approximate surface area is 118 Å². The quantitative estimate of drug-likeness (QED) is 0.791. The van der Waals surface area contributed by atoms with Gasteiger partial charge < -0.3 is 10.1 Å². The Kier molecular flexibility index (Phi) is 5.12. The van der Waals surface area contributed by atoms with Crippen LogP contribution in [0.1, 0.15) is 24.6 Å². The van der Waals surface area contributed by atoms with Crippen molar-refractivity contribution in [2.75, 3.05) is 6.54 Å². The fraction of sp³-hybridized carbons (Fsp3) is 0.400. The fourth-order valence-corrected chi connectivity index (χ4v) is 1.87. The molecule has 1 heterocycles. The number of hydrogen-bond donors (Lipinski definition) is 1. The third-order valence-electron chi connectivity index (χ3n) is 2.90. The second kappa shape index (κ2) is 7.05. The van der Waals surface area contributed by atoms with Crippen molar-refractivity contribution in [3.63, 3.8) is 0 Å². The summed E-state index contributed by atoms with van der Waals surface area (Å²) >= 11 is 0. The van der Waals surface area contributed by atoms with Gasteiger partial charge in [0.05, 0.1) is 5.69 Å². The zero-order valence-electron chi connectivity index (χ0n) is 11.9. The van der Waals surface area contributed by atoms with Crippen molar-refractivity contribution in [1.82, 2.24) is 15.1 Å². The van der Waals surface area contributed by atoms with Crippen molar-refractivity contribution in [3.8, 4) is 5.75 Å². The first-order valence-corrected chi connectivity index (χ1v) is 6.79. The lowest BCUT2D eigenvalue weighted by atomic mass is 10.2. The monoisotopic (exact) mass is 277 g/mol. The first-order valence-electron chi connectivity index (χ1n) is 6.79. The van der Waals surface area contributed by atoms with Gasteiger partial charge in [0.1, 0.15) is 6.61 Å². The normalized spacial score (nSPS) is 10.8. The highest BCUT2D eigenvalue weighted by Crippen LogP contribution is 2.19. The molecule has 2 aromatic rings. The SMILES string of the molecule is CCCNCc1ccc(OCc2ccn(C)n2)c(F)c1. The molecule has 1 aromatic heterocycles. The minimum atomic E-state index is -0.336. The van der Waals surface area contributed by atoms with E-state index in [0.717, 1.165) is 24.2 Å². The Bertz CT molecular complexity index is 554. The van der Waals surface area contributed by atoms with Gasteiger partial charge in [-0.05, 0) is 36.7 Å². The predicted molar refractivity (Wildman–Crippen MR) is 75.9 cm³/mol. The van der Waals surface area contributed by atoms with Crippen LogP contribution < -0.4 is 10.1 Å². The molecule has 0 atom stereocenters. The third kappa shape index (κ3) is 4.06. The molecule has 0 aliphatic heterocycles. The van der Waals surface area contributed by atoms with Gasteiger partial charge in [-0.1, -0.05) is 13.0 Å². The lowest BCUT2D eigenvalue weighted by molar-refractivity contribution is 0.284. The zero-order chi connectivity index (χ0) is 14.4. The number of rotatable bonds is 7. The molecule has 0 fully saturated rings. The molecule has 0 radical (unpaired) electrons. The summed E-state index contributed by atoms with van der Waals surface area (Å²) in [4.78, 5) is 0. The van der Waals surface area contributed by atoms with E-state index in [2.05, 4.69) is 17.3 Å². The maximum absolute atomic E-state index is 13.9. The third-order valence-corrected chi connectivity index (χ3v) is 2.90. The van der Waals surface area contributed by atoms with Gasteiger partial charge in [0.15, 0.2) is 11.6 Å². The van der Waals surface area contributed by atoms with Gasteiger partial charge in [0, 0.05) is 19.8 Å². The van der Waals surface area contributed by atoms with Crippen molar-refractivity contribution < 1.29 is 9.13 Å². The van der Waals surface area contributed by atoms with E-state index in [9.17, 15) is 4.39 Å². The van der Waals surface area contributed by atoms with Crippen LogP contribution in [-0.2, 0) is 20.2 Å². The van der Waals surface area contributed by atoms with E-state index < -0.39 is 0 Å². The molecule has 0 saturated carbocycles. The Balaban J connectivity index is 1.92. The number of ether oxygens (including phenoxy) is 1. The highest BCUT2D eigenvalue weighted by Gasteiger charge is 2.06. The second-order valence-electron chi connectivity index (χ2n) is 4.71. The maximum atomic E-state index is 13.9. The summed E-state index contributed by atoms with van der Waals surface area (Å²) in [6.07, 6.45) is 2.89. The van der Waals surface area contributed by atoms with Crippen molar-refractivity contribution >= 4 is 0 Å². The van der Waals surface area contributed by atoms with Crippen LogP contribution in [0.5, 0.6) is 5.75 Å². The molecule has 1 N–H and O–H groups in total. The van der Waals surface area contributed by atoms with Crippen molar-refractivity contribution in [1.29, 1.82) is 0 Å². The molecule has 0 aliphatic carbocycles. The van der Waals surface area contributed by atoms with Gasteiger partial charge >= 0.3 is 0 Å². The number of hydrogen-bond acceptors (Lipinski definition) is 3. The Morgan fingerprint density at radius 2 is 2.20 bits per heavy atom. The van der Waals surface area contributed by atoms with Gasteiger partial charge in [-0.25, -0.2) is 4.39 Å². The zero-order valence-corrected chi connectivity index (χ0v) is 11.9. The maximum Gasteiger partial charge on any atom is 0.165 e. The summed E-state index contributed by atoms with van der Waals surface area (Å²) in [5, 5.41) is 7.42. The average Bonchev–Trinajstić information content (AvgIpc) is 2.84. The van der Waals surface area contributed by atoms with Crippen molar-refractivity contribution in [2.24, 2.45) is 7.05 Å². The first-order chi connectivity index (χ1) is 9.69. The Morgan fingerprint density at radius 1 is 1.35 bits per heavy atom. The molecule has 1 aromatic carbocycles. The van der Waals surface area contributed by atoms with E-state index in [4.69, 9.17) is 4.74 Å². The average molecular weight is 277 g/mol. The van der Waals surface area contributed by atoms with Gasteiger partial charge in [-0.2, -0.15) is 5.10 Å². The lowest BCUT2D eigenvalue weighted by Gasteiger charge is -2.08. The van der Waals surface area contributed by atoms with Gasteiger partial charge in [-0.15, -0.1) is 0 Å².